The molecule has 278 valence electrons. The topological polar surface area (TPSA) is 149 Å². The Balaban J connectivity index is 2.45. The minimum atomic E-state index is -1.56. The molecular formula is C38H73NO8. The van der Waals surface area contributed by atoms with E-state index < -0.39 is 49.5 Å². The summed E-state index contributed by atoms with van der Waals surface area (Å²) in [6.07, 6.45) is 23.9. The van der Waals surface area contributed by atoms with E-state index in [1.54, 1.807) is 6.08 Å². The molecule has 0 spiro atoms. The fourth-order valence-corrected chi connectivity index (χ4v) is 6.15. The molecule has 1 rings (SSSR count). The highest BCUT2D eigenvalue weighted by Crippen LogP contribution is 2.22. The van der Waals surface area contributed by atoms with E-state index >= 15 is 0 Å². The van der Waals surface area contributed by atoms with Gasteiger partial charge in [-0.25, -0.2) is 0 Å². The van der Waals surface area contributed by atoms with Crippen LogP contribution in [0.15, 0.2) is 12.2 Å². The van der Waals surface area contributed by atoms with E-state index in [2.05, 4.69) is 19.2 Å². The summed E-state index contributed by atoms with van der Waals surface area (Å²) in [5.41, 5.74) is 0. The number of nitrogens with one attached hydrogen (secondary N) is 1. The van der Waals surface area contributed by atoms with Crippen molar-refractivity contribution in [3.05, 3.63) is 12.2 Å². The molecule has 1 aliphatic heterocycles. The molecule has 0 aromatic rings. The van der Waals surface area contributed by atoms with Crippen LogP contribution in [0.25, 0.3) is 0 Å². The van der Waals surface area contributed by atoms with Crippen LogP contribution in [-0.2, 0) is 14.3 Å². The van der Waals surface area contributed by atoms with Crippen molar-refractivity contribution >= 4 is 5.91 Å². The zero-order valence-electron chi connectivity index (χ0n) is 30.0. The van der Waals surface area contributed by atoms with Gasteiger partial charge in [-0.2, -0.15) is 0 Å². The molecule has 1 fully saturated rings. The van der Waals surface area contributed by atoms with Gasteiger partial charge in [-0.3, -0.25) is 4.79 Å². The van der Waals surface area contributed by atoms with Gasteiger partial charge in [0.15, 0.2) is 6.29 Å². The Morgan fingerprint density at radius 1 is 0.702 bits per heavy atom. The van der Waals surface area contributed by atoms with Crippen LogP contribution in [0.3, 0.4) is 0 Å². The molecule has 3 unspecified atom stereocenters. The van der Waals surface area contributed by atoms with Gasteiger partial charge in [-0.05, 0) is 19.3 Å². The number of rotatable bonds is 31. The van der Waals surface area contributed by atoms with Crippen LogP contribution in [0.2, 0.25) is 0 Å². The van der Waals surface area contributed by atoms with Crippen LogP contribution >= 0.6 is 0 Å². The maximum absolute atomic E-state index is 12.8. The molecule has 1 saturated heterocycles. The first kappa shape index (κ1) is 44.0. The molecular weight excluding hydrogens is 598 g/mol. The number of hydrogen-bond acceptors (Lipinski definition) is 8. The largest absolute Gasteiger partial charge is 0.394 e. The van der Waals surface area contributed by atoms with E-state index in [9.17, 15) is 30.3 Å². The summed E-state index contributed by atoms with van der Waals surface area (Å²) in [6, 6.07) is -0.795. The molecule has 47 heavy (non-hydrogen) atoms. The average Bonchev–Trinajstić information content (AvgIpc) is 3.07. The first-order valence-electron chi connectivity index (χ1n) is 19.4. The number of carbonyl (C=O) groups excluding carboxylic acids is 1. The normalized spacial score (nSPS) is 22.9. The van der Waals surface area contributed by atoms with Crippen LogP contribution in [0.5, 0.6) is 0 Å². The lowest BCUT2D eigenvalue weighted by molar-refractivity contribution is -0.302. The highest BCUT2D eigenvalue weighted by molar-refractivity contribution is 5.76. The van der Waals surface area contributed by atoms with Crippen LogP contribution in [0.1, 0.15) is 168 Å². The standard InChI is InChI=1S/C38H73NO8/c1-3-5-7-9-11-13-15-16-18-20-22-24-26-28-34(42)39-31(30-46-38-37(45)36(44)35(43)33(29-40)47-38)32(41)27-25-23-21-19-17-14-12-10-8-6-4-2/h25,27,31-33,35-38,40-41,43-45H,3-24,26,28-30H2,1-2H3,(H,39,42)/b27-25+/t31-,32+,33?,35+,36?,37?,38+/m0/s1. The van der Waals surface area contributed by atoms with Crippen LogP contribution in [0.4, 0.5) is 0 Å². The Labute approximate surface area is 286 Å². The van der Waals surface area contributed by atoms with Gasteiger partial charge in [0.25, 0.3) is 0 Å². The van der Waals surface area contributed by atoms with Gasteiger partial charge in [0, 0.05) is 6.42 Å². The number of hydrogen-bond donors (Lipinski definition) is 6. The van der Waals surface area contributed by atoms with Crippen LogP contribution in [-0.4, -0.2) is 87.5 Å². The quantitative estimate of drug-likeness (QED) is 0.0357. The van der Waals surface area contributed by atoms with Crippen molar-refractivity contribution in [1.82, 2.24) is 5.32 Å². The van der Waals surface area contributed by atoms with Crippen LogP contribution < -0.4 is 5.32 Å². The molecule has 0 aliphatic carbocycles. The second-order valence-corrected chi connectivity index (χ2v) is 13.7. The fraction of sp³-hybridized carbons (Fsp3) is 0.921. The van der Waals surface area contributed by atoms with Gasteiger partial charge < -0.3 is 40.3 Å². The summed E-state index contributed by atoms with van der Waals surface area (Å²) >= 11 is 0. The lowest BCUT2D eigenvalue weighted by atomic mass is 9.99. The Kier molecular flexibility index (Phi) is 27.9. The van der Waals surface area contributed by atoms with Gasteiger partial charge in [0.2, 0.25) is 5.91 Å². The third-order valence-electron chi connectivity index (χ3n) is 9.36. The zero-order valence-corrected chi connectivity index (χ0v) is 30.0. The number of carbonyl (C=O) groups is 1. The molecule has 1 amide bonds. The number of aliphatic hydroxyl groups is 5. The number of ether oxygens (including phenoxy) is 2. The summed E-state index contributed by atoms with van der Waals surface area (Å²) in [5.74, 6) is -0.179. The molecule has 0 aromatic carbocycles. The Hall–Kier alpha value is -1.07. The predicted molar refractivity (Wildman–Crippen MR) is 189 cm³/mol. The van der Waals surface area contributed by atoms with E-state index in [1.807, 2.05) is 6.08 Å². The maximum atomic E-state index is 12.8. The minimum Gasteiger partial charge on any atom is -0.394 e. The van der Waals surface area contributed by atoms with Crippen molar-refractivity contribution in [2.75, 3.05) is 13.2 Å². The average molecular weight is 672 g/mol. The molecule has 9 heteroatoms. The lowest BCUT2D eigenvalue weighted by Crippen LogP contribution is -2.60. The Bertz CT molecular complexity index is 751. The molecule has 0 bridgehead atoms. The van der Waals surface area contributed by atoms with Crippen molar-refractivity contribution in [3.8, 4) is 0 Å². The molecule has 0 radical (unpaired) electrons. The first-order chi connectivity index (χ1) is 22.8. The molecule has 0 saturated carbocycles. The van der Waals surface area contributed by atoms with Gasteiger partial charge in [-0.15, -0.1) is 0 Å². The number of allylic oxidation sites excluding steroid dienone is 1. The van der Waals surface area contributed by atoms with Gasteiger partial charge >= 0.3 is 0 Å². The molecule has 1 aliphatic rings. The highest BCUT2D eigenvalue weighted by Gasteiger charge is 2.44. The Morgan fingerprint density at radius 2 is 1.17 bits per heavy atom. The van der Waals surface area contributed by atoms with Crippen molar-refractivity contribution in [2.24, 2.45) is 0 Å². The van der Waals surface area contributed by atoms with E-state index in [0.29, 0.717) is 6.42 Å². The summed E-state index contributed by atoms with van der Waals surface area (Å²) in [7, 11) is 0. The monoisotopic (exact) mass is 672 g/mol. The summed E-state index contributed by atoms with van der Waals surface area (Å²) in [4.78, 5) is 12.8. The molecule has 7 atom stereocenters. The summed E-state index contributed by atoms with van der Waals surface area (Å²) < 4.78 is 11.1. The zero-order chi connectivity index (χ0) is 34.5. The molecule has 6 N–H and O–H groups in total. The van der Waals surface area contributed by atoms with Crippen molar-refractivity contribution < 1.29 is 39.8 Å². The van der Waals surface area contributed by atoms with Gasteiger partial charge in [-0.1, -0.05) is 154 Å². The van der Waals surface area contributed by atoms with E-state index in [0.717, 1.165) is 38.5 Å². The van der Waals surface area contributed by atoms with Gasteiger partial charge in [0.05, 0.1) is 25.4 Å². The highest BCUT2D eigenvalue weighted by atomic mass is 16.7. The second-order valence-electron chi connectivity index (χ2n) is 13.7. The molecule has 0 aromatic heterocycles. The SMILES string of the molecule is CCCCCCCCCCC/C=C/[C@@H](O)[C@H](CO[C@@H]1OC(CO)[C@@H](O)C(O)C1O)NC(=O)CCCCCCCCCCCCCCC. The van der Waals surface area contributed by atoms with Crippen molar-refractivity contribution in [2.45, 2.75) is 211 Å². The predicted octanol–water partition coefficient (Wildman–Crippen LogP) is 6.61. The third kappa shape index (κ3) is 21.6. The van der Waals surface area contributed by atoms with Crippen molar-refractivity contribution in [1.29, 1.82) is 0 Å². The van der Waals surface area contributed by atoms with Gasteiger partial charge in [0.1, 0.15) is 24.4 Å². The number of aliphatic hydroxyl groups excluding tert-OH is 5. The molecule has 1 heterocycles. The second kappa shape index (κ2) is 29.8. The number of amides is 1. The van der Waals surface area contributed by atoms with E-state index in [4.69, 9.17) is 9.47 Å². The fourth-order valence-electron chi connectivity index (χ4n) is 6.15. The number of unbranched alkanes of at least 4 members (excludes halogenated alkanes) is 21. The summed E-state index contributed by atoms with van der Waals surface area (Å²) in [5, 5.41) is 53.8. The Morgan fingerprint density at radius 3 is 1.66 bits per heavy atom. The maximum Gasteiger partial charge on any atom is 0.220 e. The third-order valence-corrected chi connectivity index (χ3v) is 9.36. The minimum absolute atomic E-state index is 0.179. The summed E-state index contributed by atoms with van der Waals surface area (Å²) in [6.45, 7) is 3.73. The smallest absolute Gasteiger partial charge is 0.220 e. The lowest BCUT2D eigenvalue weighted by Gasteiger charge is -2.40. The van der Waals surface area contributed by atoms with Crippen LogP contribution in [0, 0.1) is 0 Å². The first-order valence-corrected chi connectivity index (χ1v) is 19.4. The van der Waals surface area contributed by atoms with E-state index in [1.165, 1.54) is 109 Å². The van der Waals surface area contributed by atoms with Crippen molar-refractivity contribution in [3.63, 3.8) is 0 Å². The van der Waals surface area contributed by atoms with E-state index in [-0.39, 0.29) is 12.5 Å². The molecule has 9 nitrogen and oxygen atoms in total.